The van der Waals surface area contributed by atoms with Gasteiger partial charge in [-0.25, -0.2) is 18.6 Å². The topological polar surface area (TPSA) is 89.1 Å². The van der Waals surface area contributed by atoms with E-state index in [0.717, 1.165) is 22.3 Å². The third-order valence-corrected chi connectivity index (χ3v) is 6.08. The largest absolute Gasteiger partial charge is 0.465 e. The van der Waals surface area contributed by atoms with Crippen molar-refractivity contribution in [2.24, 2.45) is 0 Å². The maximum Gasteiger partial charge on any atom is 0.407 e. The summed E-state index contributed by atoms with van der Waals surface area (Å²) >= 11 is 0. The van der Waals surface area contributed by atoms with Gasteiger partial charge in [-0.15, -0.1) is 0 Å². The van der Waals surface area contributed by atoms with Crippen LogP contribution < -0.4 is 5.56 Å². The summed E-state index contributed by atoms with van der Waals surface area (Å²) in [6.45, 7) is 2.51. The normalized spacial score (nSPS) is 16.1. The van der Waals surface area contributed by atoms with E-state index in [1.54, 1.807) is 28.8 Å². The highest BCUT2D eigenvalue weighted by molar-refractivity contribution is 5.69. The van der Waals surface area contributed by atoms with Gasteiger partial charge in [0, 0.05) is 31.4 Å². The Morgan fingerprint density at radius 2 is 1.94 bits per heavy atom. The van der Waals surface area contributed by atoms with Crippen LogP contribution in [0.15, 0.2) is 59.7 Å². The Morgan fingerprint density at radius 1 is 1.17 bits per heavy atom. The zero-order chi connectivity index (χ0) is 24.7. The predicted octanol–water partition coefficient (Wildman–Crippen LogP) is 3.66. The third-order valence-electron chi connectivity index (χ3n) is 6.08. The number of ether oxygens (including phenoxy) is 1. The van der Waals surface area contributed by atoms with Gasteiger partial charge in [-0.3, -0.25) is 9.36 Å². The van der Waals surface area contributed by atoms with Crippen LogP contribution in [-0.2, 0) is 11.2 Å². The van der Waals surface area contributed by atoms with Crippen LogP contribution >= 0.6 is 0 Å². The van der Waals surface area contributed by atoms with Crippen molar-refractivity contribution in [2.75, 3.05) is 19.7 Å². The van der Waals surface area contributed by atoms with E-state index in [2.05, 4.69) is 4.98 Å². The predicted molar refractivity (Wildman–Crippen MR) is 124 cm³/mol. The molecule has 1 aliphatic heterocycles. The maximum absolute atomic E-state index is 15.4. The van der Waals surface area contributed by atoms with E-state index in [0.29, 0.717) is 11.3 Å². The summed E-state index contributed by atoms with van der Waals surface area (Å²) in [5.74, 6) is -1.73. The van der Waals surface area contributed by atoms with Crippen molar-refractivity contribution in [1.29, 1.82) is 0 Å². The summed E-state index contributed by atoms with van der Waals surface area (Å²) in [4.78, 5) is 29.4. The van der Waals surface area contributed by atoms with Gasteiger partial charge in [0.15, 0.2) is 0 Å². The van der Waals surface area contributed by atoms with Crippen LogP contribution in [0.2, 0.25) is 0 Å². The minimum atomic E-state index is -1.05. The van der Waals surface area contributed by atoms with Crippen molar-refractivity contribution in [3.63, 3.8) is 0 Å². The molecular formula is C25H22F2N4O4. The first kappa shape index (κ1) is 22.7. The molecule has 4 heterocycles. The number of carboxylic acid groups (broad SMARTS) is 1. The molecule has 10 heteroatoms. The van der Waals surface area contributed by atoms with Crippen LogP contribution in [0.4, 0.5) is 13.6 Å². The summed E-state index contributed by atoms with van der Waals surface area (Å²) in [6, 6.07) is 10.3. The Balaban J connectivity index is 1.62. The lowest BCUT2D eigenvalue weighted by Crippen LogP contribution is -2.45. The van der Waals surface area contributed by atoms with Crippen LogP contribution in [0.5, 0.6) is 0 Å². The first-order valence-corrected chi connectivity index (χ1v) is 11.1. The molecule has 1 aromatic carbocycles. The molecular weight excluding hydrogens is 458 g/mol. The number of hydrogen-bond acceptors (Lipinski definition) is 4. The van der Waals surface area contributed by atoms with Gasteiger partial charge >= 0.3 is 6.09 Å². The Hall–Kier alpha value is -4.05. The van der Waals surface area contributed by atoms with Crippen LogP contribution in [0.1, 0.15) is 11.3 Å². The average Bonchev–Trinajstić information content (AvgIpc) is 3.15. The van der Waals surface area contributed by atoms with Crippen molar-refractivity contribution >= 4 is 11.7 Å². The molecule has 0 bridgehead atoms. The van der Waals surface area contributed by atoms with Gasteiger partial charge in [0.2, 0.25) is 0 Å². The number of fused-ring (bicyclic) bond motifs is 1. The summed E-state index contributed by atoms with van der Waals surface area (Å²) in [6.07, 6.45) is 1.85. The molecule has 0 unspecified atom stereocenters. The number of amides is 1. The van der Waals surface area contributed by atoms with Crippen molar-refractivity contribution in [3.8, 4) is 16.9 Å². The standard InChI is InChI=1S/C25H22F2N4O4/c1-15-5-7-31-20(13-17-14-29(25(33)34)8-9-35-17)24(28-21(31)10-15)23-18(26)11-16(12-19(23)27)30-6-3-2-4-22(30)32/h2-7,10-12,17H,8-9,13-14H2,1H3,(H,33,34)/t17-/m0/s1. The number of nitrogens with zero attached hydrogens (tertiary/aromatic N) is 4. The van der Waals surface area contributed by atoms with E-state index in [1.165, 1.54) is 17.2 Å². The molecule has 180 valence electrons. The first-order chi connectivity index (χ1) is 16.8. The Labute approximate surface area is 198 Å². The van der Waals surface area contributed by atoms with E-state index in [-0.39, 0.29) is 43.1 Å². The number of rotatable bonds is 4. The van der Waals surface area contributed by atoms with E-state index in [1.807, 2.05) is 13.0 Å². The molecule has 0 radical (unpaired) electrons. The number of morpholine rings is 1. The lowest BCUT2D eigenvalue weighted by Gasteiger charge is -2.31. The first-order valence-electron chi connectivity index (χ1n) is 11.1. The molecule has 1 saturated heterocycles. The van der Waals surface area contributed by atoms with E-state index >= 15 is 8.78 Å². The average molecular weight is 480 g/mol. The molecule has 0 aliphatic carbocycles. The fraction of sp³-hybridized carbons (Fsp3) is 0.240. The summed E-state index contributed by atoms with van der Waals surface area (Å²) in [5, 5.41) is 9.36. The van der Waals surface area contributed by atoms with Crippen molar-refractivity contribution in [1.82, 2.24) is 18.9 Å². The molecule has 0 saturated carbocycles. The van der Waals surface area contributed by atoms with Crippen LogP contribution in [0, 0.1) is 18.6 Å². The van der Waals surface area contributed by atoms with Crippen molar-refractivity contribution < 1.29 is 23.4 Å². The fourth-order valence-electron chi connectivity index (χ4n) is 4.39. The smallest absolute Gasteiger partial charge is 0.407 e. The minimum Gasteiger partial charge on any atom is -0.465 e. The highest BCUT2D eigenvalue weighted by Crippen LogP contribution is 2.32. The van der Waals surface area contributed by atoms with Crippen molar-refractivity contribution in [2.45, 2.75) is 19.4 Å². The Morgan fingerprint density at radius 3 is 2.66 bits per heavy atom. The maximum atomic E-state index is 15.4. The lowest BCUT2D eigenvalue weighted by atomic mass is 10.0. The number of imidazole rings is 1. The van der Waals surface area contributed by atoms with Crippen LogP contribution in [-0.4, -0.2) is 55.9 Å². The van der Waals surface area contributed by atoms with Gasteiger partial charge in [-0.05, 0) is 42.8 Å². The van der Waals surface area contributed by atoms with E-state index in [4.69, 9.17) is 4.74 Å². The molecule has 1 atom stereocenters. The number of halogens is 2. The number of benzene rings is 1. The van der Waals surface area contributed by atoms with E-state index in [9.17, 15) is 14.7 Å². The molecule has 1 N–H and O–H groups in total. The van der Waals surface area contributed by atoms with Gasteiger partial charge < -0.3 is 19.1 Å². The fourth-order valence-corrected chi connectivity index (χ4v) is 4.39. The molecule has 1 fully saturated rings. The summed E-state index contributed by atoms with van der Waals surface area (Å²) < 4.78 is 39.5. The number of carbonyl (C=O) groups is 1. The number of aromatic nitrogens is 3. The molecule has 3 aromatic heterocycles. The molecule has 4 aromatic rings. The third kappa shape index (κ3) is 4.28. The van der Waals surface area contributed by atoms with Crippen LogP contribution in [0.25, 0.3) is 22.6 Å². The second kappa shape index (κ2) is 8.95. The zero-order valence-corrected chi connectivity index (χ0v) is 18.8. The quantitative estimate of drug-likeness (QED) is 0.482. The number of hydrogen-bond donors (Lipinski definition) is 1. The molecule has 0 spiro atoms. The number of aryl methyl sites for hydroxylation is 1. The minimum absolute atomic E-state index is 0.0585. The van der Waals surface area contributed by atoms with Gasteiger partial charge in [0.05, 0.1) is 41.9 Å². The van der Waals surface area contributed by atoms with E-state index < -0.39 is 29.4 Å². The highest BCUT2D eigenvalue weighted by atomic mass is 19.1. The summed E-state index contributed by atoms with van der Waals surface area (Å²) in [7, 11) is 0. The van der Waals surface area contributed by atoms with Crippen LogP contribution in [0.3, 0.4) is 0 Å². The highest BCUT2D eigenvalue weighted by Gasteiger charge is 2.28. The molecule has 35 heavy (non-hydrogen) atoms. The van der Waals surface area contributed by atoms with Gasteiger partial charge in [-0.1, -0.05) is 6.07 Å². The Bertz CT molecular complexity index is 1470. The molecule has 1 aliphatic rings. The van der Waals surface area contributed by atoms with Gasteiger partial charge in [0.1, 0.15) is 17.3 Å². The van der Waals surface area contributed by atoms with Gasteiger partial charge in [-0.2, -0.15) is 0 Å². The lowest BCUT2D eigenvalue weighted by molar-refractivity contribution is -0.0214. The summed E-state index contributed by atoms with van der Waals surface area (Å²) in [5.41, 5.74) is 1.35. The SMILES string of the molecule is Cc1ccn2c(C[C@H]3CN(C(=O)O)CCO3)c(-c3c(F)cc(-n4ccccc4=O)cc3F)nc2c1. The Kier molecular flexibility index (Phi) is 5.81. The zero-order valence-electron chi connectivity index (χ0n) is 18.8. The molecule has 8 nitrogen and oxygen atoms in total. The number of pyridine rings is 2. The second-order valence-electron chi connectivity index (χ2n) is 8.46. The second-order valence-corrected chi connectivity index (χ2v) is 8.46. The van der Waals surface area contributed by atoms with Crippen molar-refractivity contribution in [3.05, 3.63) is 88.1 Å². The van der Waals surface area contributed by atoms with Gasteiger partial charge in [0.25, 0.3) is 5.56 Å². The molecule has 1 amide bonds. The molecule has 5 rings (SSSR count). The monoisotopic (exact) mass is 480 g/mol.